The zero-order chi connectivity index (χ0) is 17.7. The van der Waals surface area contributed by atoms with Gasteiger partial charge in [0.2, 0.25) is 4.77 Å². The van der Waals surface area contributed by atoms with E-state index in [4.69, 9.17) is 12.2 Å². The Morgan fingerprint density at radius 1 is 1.27 bits per heavy atom. The second-order valence-corrected chi connectivity index (χ2v) is 8.45. The summed E-state index contributed by atoms with van der Waals surface area (Å²) < 4.78 is 17.3. The van der Waals surface area contributed by atoms with E-state index in [9.17, 15) is 4.39 Å². The normalized spacial score (nSPS) is 22.3. The van der Waals surface area contributed by atoms with Crippen molar-refractivity contribution in [2.75, 3.05) is 6.54 Å². The first-order valence-corrected chi connectivity index (χ1v) is 10.2. The predicted octanol–water partition coefficient (Wildman–Crippen LogP) is 2.55. The van der Waals surface area contributed by atoms with Crippen LogP contribution in [-0.2, 0) is 13.1 Å². The van der Waals surface area contributed by atoms with Crippen LogP contribution >= 0.6 is 23.6 Å². The van der Waals surface area contributed by atoms with Crippen LogP contribution in [0.5, 0.6) is 0 Å². The number of tetrazole rings is 1. The van der Waals surface area contributed by atoms with Crippen molar-refractivity contribution in [2.45, 2.75) is 32.0 Å². The first-order valence-electron chi connectivity index (χ1n) is 8.90. The van der Waals surface area contributed by atoms with E-state index in [-0.39, 0.29) is 5.82 Å². The lowest BCUT2D eigenvalue weighted by molar-refractivity contribution is -0.958. The lowest BCUT2D eigenvalue weighted by Gasteiger charge is -2.32. The molecule has 5 rings (SSSR count). The molecular formula is C18H19FN5S2+. The summed E-state index contributed by atoms with van der Waals surface area (Å²) in [5.74, 6) is 0.463. The van der Waals surface area contributed by atoms with Gasteiger partial charge in [0.15, 0.2) is 6.67 Å². The summed E-state index contributed by atoms with van der Waals surface area (Å²) in [6.45, 7) is 1.79. The molecule has 1 unspecified atom stereocenters. The summed E-state index contributed by atoms with van der Waals surface area (Å²) in [4.78, 5) is 3.04. The molecule has 1 saturated carbocycles. The number of nitrogens with one attached hydrogen (secondary N) is 1. The van der Waals surface area contributed by atoms with E-state index in [1.807, 2.05) is 11.3 Å². The van der Waals surface area contributed by atoms with Crippen LogP contribution in [0.2, 0.25) is 0 Å². The molecule has 0 saturated heterocycles. The van der Waals surface area contributed by atoms with Crippen molar-refractivity contribution in [3.63, 3.8) is 0 Å². The third-order valence-electron chi connectivity index (χ3n) is 5.37. The Morgan fingerprint density at radius 3 is 2.96 bits per heavy atom. The van der Waals surface area contributed by atoms with E-state index >= 15 is 0 Å². The van der Waals surface area contributed by atoms with E-state index in [2.05, 4.69) is 21.9 Å². The molecule has 5 nitrogen and oxygen atoms in total. The van der Waals surface area contributed by atoms with E-state index in [1.54, 1.807) is 16.8 Å². The molecule has 8 heteroatoms. The molecule has 0 bridgehead atoms. The Labute approximate surface area is 159 Å². The van der Waals surface area contributed by atoms with Gasteiger partial charge < -0.3 is 4.90 Å². The van der Waals surface area contributed by atoms with Crippen LogP contribution in [0, 0.1) is 16.5 Å². The first kappa shape index (κ1) is 16.3. The highest BCUT2D eigenvalue weighted by atomic mass is 32.1. The van der Waals surface area contributed by atoms with Gasteiger partial charge in [-0.1, -0.05) is 6.07 Å². The number of hydrogen-bond donors (Lipinski definition) is 1. The molecule has 2 aromatic heterocycles. The molecule has 0 radical (unpaired) electrons. The lowest BCUT2D eigenvalue weighted by Crippen LogP contribution is -3.13. The van der Waals surface area contributed by atoms with Gasteiger partial charge in [-0.2, -0.15) is 9.36 Å². The Kier molecular flexibility index (Phi) is 3.99. The molecule has 0 spiro atoms. The number of aromatic nitrogens is 4. The van der Waals surface area contributed by atoms with Crippen LogP contribution in [-0.4, -0.2) is 26.3 Å². The highest BCUT2D eigenvalue weighted by Crippen LogP contribution is 2.42. The number of quaternary nitrogens is 1. The molecule has 1 aromatic carbocycles. The summed E-state index contributed by atoms with van der Waals surface area (Å²) in [6, 6.07) is 9.11. The largest absolute Gasteiger partial charge is 0.309 e. The Bertz CT molecular complexity index is 1000. The molecule has 1 fully saturated rings. The zero-order valence-corrected chi connectivity index (χ0v) is 15.8. The fourth-order valence-corrected chi connectivity index (χ4v) is 5.18. The molecule has 134 valence electrons. The number of nitrogens with zero attached hydrogens (tertiary/aromatic N) is 4. The van der Waals surface area contributed by atoms with Crippen LogP contribution in [0.15, 0.2) is 35.7 Å². The van der Waals surface area contributed by atoms with Crippen LogP contribution in [0.3, 0.4) is 0 Å². The molecule has 0 amide bonds. The van der Waals surface area contributed by atoms with E-state index in [0.29, 0.717) is 23.2 Å². The minimum absolute atomic E-state index is 0.306. The molecule has 2 atom stereocenters. The minimum atomic E-state index is -0.306. The maximum Gasteiger partial charge on any atom is 0.225 e. The molecule has 26 heavy (non-hydrogen) atoms. The average molecular weight is 389 g/mol. The summed E-state index contributed by atoms with van der Waals surface area (Å²) >= 11 is 7.45. The number of thiophene rings is 1. The van der Waals surface area contributed by atoms with E-state index in [1.165, 1.54) is 45.0 Å². The molecule has 3 aromatic rings. The first-order chi connectivity index (χ1) is 12.7. The highest BCUT2D eigenvalue weighted by Gasteiger charge is 2.43. The van der Waals surface area contributed by atoms with Gasteiger partial charge in [0.1, 0.15) is 11.9 Å². The van der Waals surface area contributed by atoms with E-state index < -0.39 is 0 Å². The average Bonchev–Trinajstić information content (AvgIpc) is 3.25. The van der Waals surface area contributed by atoms with Gasteiger partial charge >= 0.3 is 0 Å². The lowest BCUT2D eigenvalue weighted by atomic mass is 9.96. The van der Waals surface area contributed by atoms with Crippen molar-refractivity contribution in [1.82, 2.24) is 19.8 Å². The standard InChI is InChI=1S/C18H18FN5S2/c19-13-2-1-3-14(10-13)24-18(25)23(20-21-24)11-22-8-6-16-15(7-9-26-16)17(22)12-4-5-12/h1-3,7,9-10,12,17H,4-6,8,11H2/p+1/t17-/m1/s1. The maximum atomic E-state index is 13.5. The zero-order valence-electron chi connectivity index (χ0n) is 14.1. The van der Waals surface area contributed by atoms with Crippen molar-refractivity contribution in [2.24, 2.45) is 5.92 Å². The summed E-state index contributed by atoms with van der Waals surface area (Å²) in [5.41, 5.74) is 2.12. The van der Waals surface area contributed by atoms with Crippen molar-refractivity contribution in [1.29, 1.82) is 0 Å². The second-order valence-electron chi connectivity index (χ2n) is 7.08. The summed E-state index contributed by atoms with van der Waals surface area (Å²) in [6.07, 6.45) is 3.73. The number of benzene rings is 1. The molecule has 1 N–H and O–H groups in total. The number of halogens is 1. The Balaban J connectivity index is 1.44. The van der Waals surface area contributed by atoms with Crippen LogP contribution in [0.4, 0.5) is 4.39 Å². The quantitative estimate of drug-likeness (QED) is 0.699. The third kappa shape index (κ3) is 2.82. The minimum Gasteiger partial charge on any atom is -0.309 e. The predicted molar refractivity (Wildman–Crippen MR) is 99.5 cm³/mol. The number of hydrogen-bond acceptors (Lipinski definition) is 4. The van der Waals surface area contributed by atoms with E-state index in [0.717, 1.165) is 18.9 Å². The Morgan fingerprint density at radius 2 is 2.15 bits per heavy atom. The van der Waals surface area contributed by atoms with Gasteiger partial charge in [-0.3, -0.25) is 0 Å². The number of fused-ring (bicyclic) bond motifs is 1. The fourth-order valence-electron chi connectivity index (χ4n) is 4.01. The SMILES string of the molecule is Fc1cccc(-n2nnn(C[NH+]3CCc4sccc4[C@H]3C3CC3)c2=S)c1. The number of rotatable bonds is 4. The molecular weight excluding hydrogens is 369 g/mol. The Hall–Kier alpha value is -1.90. The van der Waals surface area contributed by atoms with Crippen LogP contribution in [0.1, 0.15) is 29.3 Å². The van der Waals surface area contributed by atoms with Gasteiger partial charge in [-0.25, -0.2) is 4.39 Å². The van der Waals surface area contributed by atoms with Crippen molar-refractivity contribution >= 4 is 23.6 Å². The van der Waals surface area contributed by atoms with Gasteiger partial charge in [-0.15, -0.1) is 11.3 Å². The van der Waals surface area contributed by atoms with Crippen LogP contribution in [0.25, 0.3) is 5.69 Å². The molecule has 2 aliphatic rings. The summed E-state index contributed by atoms with van der Waals surface area (Å²) in [7, 11) is 0. The topological polar surface area (TPSA) is 40.1 Å². The van der Waals surface area contributed by atoms with Gasteiger partial charge in [0, 0.05) is 22.8 Å². The van der Waals surface area contributed by atoms with Gasteiger partial charge in [0.25, 0.3) is 0 Å². The molecule has 1 aliphatic heterocycles. The fraction of sp³-hybridized carbons (Fsp3) is 0.389. The summed E-state index contributed by atoms with van der Waals surface area (Å²) in [5, 5.41) is 10.6. The monoisotopic (exact) mass is 388 g/mol. The maximum absolute atomic E-state index is 13.5. The van der Waals surface area contributed by atoms with Crippen molar-refractivity contribution in [3.8, 4) is 5.69 Å². The van der Waals surface area contributed by atoms with Gasteiger partial charge in [0.05, 0.1) is 12.2 Å². The van der Waals surface area contributed by atoms with Gasteiger partial charge in [-0.05, 0) is 65.1 Å². The third-order valence-corrected chi connectivity index (χ3v) is 6.75. The molecule has 1 aliphatic carbocycles. The van der Waals surface area contributed by atoms with Crippen molar-refractivity contribution in [3.05, 3.63) is 56.7 Å². The second kappa shape index (κ2) is 6.37. The smallest absolute Gasteiger partial charge is 0.225 e. The van der Waals surface area contributed by atoms with Crippen molar-refractivity contribution < 1.29 is 9.29 Å². The highest BCUT2D eigenvalue weighted by molar-refractivity contribution is 7.71. The molecule has 3 heterocycles. The van der Waals surface area contributed by atoms with Crippen LogP contribution < -0.4 is 4.90 Å².